The SMILES string of the molecule is C=C/C(=C(C)\C=C/C)c1c(C)c2c3cccc(-c4ccccc4)c3sc2c2ccccc12.C=N/C(=C\C(=C)C(/C=C\CC)=C/C)c1ccccc1.CC.CCC. The maximum atomic E-state index is 4.18. The lowest BCUT2D eigenvalue weighted by molar-refractivity contribution is 1.09. The van der Waals surface area contributed by atoms with Crippen molar-refractivity contribution >= 4 is 60.3 Å². The van der Waals surface area contributed by atoms with Gasteiger partial charge in [0.05, 0.1) is 5.70 Å². The maximum Gasteiger partial charge on any atom is 0.0700 e. The molecule has 0 amide bonds. The molecule has 56 heavy (non-hydrogen) atoms. The van der Waals surface area contributed by atoms with Crippen LogP contribution in [-0.2, 0) is 0 Å². The Morgan fingerprint density at radius 2 is 1.34 bits per heavy atom. The minimum absolute atomic E-state index is 0.842. The van der Waals surface area contributed by atoms with E-state index in [1.165, 1.54) is 70.8 Å². The van der Waals surface area contributed by atoms with Gasteiger partial charge in [-0.2, -0.15) is 0 Å². The minimum atomic E-state index is 0.842. The molecule has 1 nitrogen and oxygen atoms in total. The molecule has 0 aliphatic heterocycles. The van der Waals surface area contributed by atoms with E-state index in [4.69, 9.17) is 0 Å². The highest BCUT2D eigenvalue weighted by atomic mass is 32.1. The average molecular weight is 756 g/mol. The third-order valence-electron chi connectivity index (χ3n) is 9.07. The van der Waals surface area contributed by atoms with Crippen LogP contribution in [0, 0.1) is 6.92 Å². The van der Waals surface area contributed by atoms with Crippen LogP contribution in [0.15, 0.2) is 181 Å². The van der Waals surface area contributed by atoms with Crippen molar-refractivity contribution in [3.63, 3.8) is 0 Å². The number of hydrogen-bond donors (Lipinski definition) is 0. The van der Waals surface area contributed by atoms with E-state index in [0.717, 1.165) is 28.8 Å². The van der Waals surface area contributed by atoms with E-state index in [1.54, 1.807) is 0 Å². The van der Waals surface area contributed by atoms with Crippen molar-refractivity contribution in [3.05, 3.63) is 192 Å². The van der Waals surface area contributed by atoms with Gasteiger partial charge in [0, 0.05) is 31.1 Å². The van der Waals surface area contributed by atoms with Gasteiger partial charge in [-0.1, -0.05) is 194 Å². The predicted octanol–water partition coefficient (Wildman–Crippen LogP) is 17.4. The van der Waals surface area contributed by atoms with Gasteiger partial charge in [-0.25, -0.2) is 0 Å². The van der Waals surface area contributed by atoms with Gasteiger partial charge in [-0.3, -0.25) is 4.99 Å². The van der Waals surface area contributed by atoms with Gasteiger partial charge in [0.15, 0.2) is 0 Å². The summed E-state index contributed by atoms with van der Waals surface area (Å²) < 4.78 is 2.72. The zero-order valence-corrected chi connectivity index (χ0v) is 36.1. The zero-order chi connectivity index (χ0) is 41.0. The highest BCUT2D eigenvalue weighted by molar-refractivity contribution is 7.27. The van der Waals surface area contributed by atoms with Crippen molar-refractivity contribution in [1.82, 2.24) is 0 Å². The molecule has 0 fully saturated rings. The molecule has 288 valence electrons. The fourth-order valence-corrected chi connectivity index (χ4v) is 8.04. The number of benzene rings is 5. The number of rotatable bonds is 10. The summed E-state index contributed by atoms with van der Waals surface area (Å²) in [6, 6.07) is 36.3. The standard InChI is InChI=1S/C31H26S.C18H21N.C3H8.C2H6/c1-5-13-20(3)23(6-2)28-21(4)29-27-19-12-18-24(22-14-8-7-9-15-22)30(27)32-31(29)26-17-11-10-16-25(26)28;1-5-7-11-16(6-2)15(3)14-18(19-4)17-12-9-8-10-13-17;1-3-2;1-2/h5-19H,2H2,1,3-4H3;6-14H,3-5H2,1-2H3;3H2,1-2H3;1-2H3/b13-5-,23-20+;11-7-,16-6+,18-14-;;. The molecule has 0 aliphatic rings. The van der Waals surface area contributed by atoms with Gasteiger partial charge in [0.1, 0.15) is 0 Å². The molecular weight excluding hydrogens is 695 g/mol. The quantitative estimate of drug-likeness (QED) is 0.0975. The molecule has 0 N–H and O–H groups in total. The van der Waals surface area contributed by atoms with Crippen LogP contribution in [0.2, 0.25) is 0 Å². The van der Waals surface area contributed by atoms with Crippen molar-refractivity contribution in [2.45, 2.75) is 75.2 Å². The van der Waals surface area contributed by atoms with E-state index in [1.807, 2.05) is 74.6 Å². The molecular formula is C54H61NS. The van der Waals surface area contributed by atoms with Gasteiger partial charge >= 0.3 is 0 Å². The van der Waals surface area contributed by atoms with Gasteiger partial charge in [-0.05, 0) is 96.8 Å². The molecule has 0 saturated carbocycles. The first-order valence-electron chi connectivity index (χ1n) is 19.9. The Bertz CT molecular complexity index is 2370. The van der Waals surface area contributed by atoms with Gasteiger partial charge in [0.25, 0.3) is 0 Å². The summed E-state index contributed by atoms with van der Waals surface area (Å²) in [6.07, 6.45) is 16.8. The molecule has 0 atom stereocenters. The normalized spacial score (nSPS) is 12.0. The summed E-state index contributed by atoms with van der Waals surface area (Å²) in [6.45, 7) is 30.8. The maximum absolute atomic E-state index is 4.18. The molecule has 0 spiro atoms. The summed E-state index contributed by atoms with van der Waals surface area (Å²) in [5, 5.41) is 5.31. The number of fused-ring (bicyclic) bond motifs is 5. The van der Waals surface area contributed by atoms with E-state index >= 15 is 0 Å². The summed E-state index contributed by atoms with van der Waals surface area (Å²) in [5.74, 6) is 0. The van der Waals surface area contributed by atoms with E-state index in [9.17, 15) is 0 Å². The molecule has 0 radical (unpaired) electrons. The molecule has 0 unspecified atom stereocenters. The predicted molar refractivity (Wildman–Crippen MR) is 258 cm³/mol. The van der Waals surface area contributed by atoms with Crippen LogP contribution >= 0.6 is 11.3 Å². The Morgan fingerprint density at radius 1 is 0.750 bits per heavy atom. The van der Waals surface area contributed by atoms with Crippen molar-refractivity contribution in [2.75, 3.05) is 0 Å². The van der Waals surface area contributed by atoms with Crippen LogP contribution in [0.25, 0.3) is 53.3 Å². The fourth-order valence-electron chi connectivity index (χ4n) is 6.61. The number of hydrogen-bond acceptors (Lipinski definition) is 2. The number of thiophene rings is 1. The highest BCUT2D eigenvalue weighted by Gasteiger charge is 2.19. The first kappa shape index (κ1) is 44.8. The minimum Gasteiger partial charge on any atom is -0.264 e. The summed E-state index contributed by atoms with van der Waals surface area (Å²) in [5.41, 5.74) is 11.6. The monoisotopic (exact) mass is 755 g/mol. The molecule has 0 aliphatic carbocycles. The lowest BCUT2D eigenvalue weighted by Crippen LogP contribution is -1.93. The van der Waals surface area contributed by atoms with Crippen LogP contribution in [0.4, 0.5) is 0 Å². The van der Waals surface area contributed by atoms with Crippen molar-refractivity contribution < 1.29 is 0 Å². The van der Waals surface area contributed by atoms with Gasteiger partial charge in [0.2, 0.25) is 0 Å². The second kappa shape index (κ2) is 23.4. The largest absolute Gasteiger partial charge is 0.264 e. The second-order valence-corrected chi connectivity index (χ2v) is 14.1. The third-order valence-corrected chi connectivity index (χ3v) is 10.3. The van der Waals surface area contributed by atoms with Crippen molar-refractivity contribution in [1.29, 1.82) is 0 Å². The third kappa shape index (κ3) is 10.8. The van der Waals surface area contributed by atoms with Crippen molar-refractivity contribution in [2.24, 2.45) is 4.99 Å². The number of allylic oxidation sites excluding steroid dienone is 11. The lowest BCUT2D eigenvalue weighted by atomic mass is 9.88. The Kier molecular flexibility index (Phi) is 18.7. The van der Waals surface area contributed by atoms with Gasteiger partial charge in [-0.15, -0.1) is 11.3 Å². The van der Waals surface area contributed by atoms with Crippen LogP contribution in [-0.4, -0.2) is 6.72 Å². The zero-order valence-electron chi connectivity index (χ0n) is 35.2. The molecule has 6 rings (SSSR count). The van der Waals surface area contributed by atoms with Crippen LogP contribution in [0.3, 0.4) is 0 Å². The molecule has 6 aromatic rings. The Balaban J connectivity index is 0.000000300. The molecule has 2 heteroatoms. The van der Waals surface area contributed by atoms with E-state index in [-0.39, 0.29) is 0 Å². The topological polar surface area (TPSA) is 12.4 Å². The first-order valence-corrected chi connectivity index (χ1v) is 20.8. The molecule has 0 saturated heterocycles. The number of aryl methyl sites for hydroxylation is 1. The molecule has 1 heterocycles. The Labute approximate surface area is 342 Å². The van der Waals surface area contributed by atoms with E-state index in [2.05, 4.69) is 170 Å². The second-order valence-electron chi connectivity index (χ2n) is 13.0. The average Bonchev–Trinajstić information content (AvgIpc) is 3.64. The summed E-state index contributed by atoms with van der Waals surface area (Å²) >= 11 is 1.92. The molecule has 5 aromatic carbocycles. The fraction of sp³-hybridized carbons (Fsp3) is 0.204. The van der Waals surface area contributed by atoms with Crippen molar-refractivity contribution in [3.8, 4) is 11.1 Å². The van der Waals surface area contributed by atoms with E-state index < -0.39 is 0 Å². The highest BCUT2D eigenvalue weighted by Crippen LogP contribution is 2.47. The van der Waals surface area contributed by atoms with Crippen LogP contribution in [0.5, 0.6) is 0 Å². The molecule has 0 bridgehead atoms. The number of aliphatic imine (C=N–C) groups is 1. The Morgan fingerprint density at radius 3 is 1.91 bits per heavy atom. The summed E-state index contributed by atoms with van der Waals surface area (Å²) in [7, 11) is 0. The smallest absolute Gasteiger partial charge is 0.0700 e. The Hall–Kier alpha value is -5.57. The van der Waals surface area contributed by atoms with Gasteiger partial charge < -0.3 is 0 Å². The molecule has 1 aromatic heterocycles. The summed E-state index contributed by atoms with van der Waals surface area (Å²) in [4.78, 5) is 4.09. The van der Waals surface area contributed by atoms with E-state index in [0.29, 0.717) is 0 Å². The van der Waals surface area contributed by atoms with Crippen LogP contribution in [0.1, 0.15) is 84.9 Å². The number of nitrogens with zero attached hydrogens (tertiary/aromatic N) is 1. The first-order chi connectivity index (χ1) is 27.3. The lowest BCUT2D eigenvalue weighted by Gasteiger charge is -2.16. The van der Waals surface area contributed by atoms with Crippen LogP contribution < -0.4 is 0 Å².